The van der Waals surface area contributed by atoms with Crippen LogP contribution in [0.2, 0.25) is 5.02 Å². The minimum atomic E-state index is -0.596. The first-order valence-corrected chi connectivity index (χ1v) is 12.2. The highest BCUT2D eigenvalue weighted by Gasteiger charge is 2.16. The fourth-order valence-corrected chi connectivity index (χ4v) is 4.17. The first-order chi connectivity index (χ1) is 17.5. The lowest BCUT2D eigenvalue weighted by atomic mass is 10.1. The molecule has 0 aliphatic rings. The van der Waals surface area contributed by atoms with E-state index in [0.29, 0.717) is 33.7 Å². The van der Waals surface area contributed by atoms with Crippen molar-refractivity contribution in [1.82, 2.24) is 10.2 Å². The van der Waals surface area contributed by atoms with Crippen molar-refractivity contribution in [1.29, 1.82) is 5.26 Å². The van der Waals surface area contributed by atoms with Gasteiger partial charge in [-0.25, -0.2) is 0 Å². The number of aromatic nitrogens is 2. The third-order valence-corrected chi connectivity index (χ3v) is 5.90. The molecule has 0 spiro atoms. The Balaban J connectivity index is 1.66. The highest BCUT2D eigenvalue weighted by atomic mass is 35.5. The van der Waals surface area contributed by atoms with Crippen LogP contribution in [0.25, 0.3) is 6.08 Å². The maximum atomic E-state index is 12.6. The number of nitriles is 1. The second-order valence-corrected chi connectivity index (χ2v) is 8.75. The molecule has 0 unspecified atom stereocenters. The van der Waals surface area contributed by atoms with Crippen molar-refractivity contribution in [3.63, 3.8) is 0 Å². The van der Waals surface area contributed by atoms with E-state index in [-0.39, 0.29) is 23.8 Å². The Morgan fingerprint density at radius 3 is 2.64 bits per heavy atom. The summed E-state index contributed by atoms with van der Waals surface area (Å²) in [6.07, 6.45) is 3.10. The summed E-state index contributed by atoms with van der Waals surface area (Å²) in [5.41, 5.74) is 0.369. The summed E-state index contributed by atoms with van der Waals surface area (Å²) >= 11 is 7.70. The van der Waals surface area contributed by atoms with Crippen molar-refractivity contribution >= 4 is 40.1 Å². The third kappa shape index (κ3) is 7.34. The standard InChI is InChI=1S/C25H25ClN4O5S/c1-4-6-22-29-30-25(36-22)28-24(31)17(15-27)11-16-12-20(26)23(21(13-16)33-3)35-10-9-34-19-8-5-7-18(14-19)32-2/h5,7-8,11-14H,4,6,9-10H2,1-3H3,(H,28,30,31)/b17-11-. The van der Waals surface area contributed by atoms with Crippen molar-refractivity contribution < 1.29 is 23.7 Å². The predicted molar refractivity (Wildman–Crippen MR) is 138 cm³/mol. The van der Waals surface area contributed by atoms with Crippen LogP contribution >= 0.6 is 22.9 Å². The lowest BCUT2D eigenvalue weighted by molar-refractivity contribution is -0.112. The van der Waals surface area contributed by atoms with Gasteiger partial charge in [-0.1, -0.05) is 35.9 Å². The number of nitrogens with one attached hydrogen (secondary N) is 1. The predicted octanol–water partition coefficient (Wildman–Crippen LogP) is 5.16. The van der Waals surface area contributed by atoms with Crippen LogP contribution in [0, 0.1) is 11.3 Å². The quantitative estimate of drug-likeness (QED) is 0.194. The molecule has 9 nitrogen and oxygen atoms in total. The second kappa shape index (κ2) is 13.3. The molecule has 1 aromatic heterocycles. The Morgan fingerprint density at radius 2 is 1.92 bits per heavy atom. The smallest absolute Gasteiger partial charge is 0.268 e. The van der Waals surface area contributed by atoms with Gasteiger partial charge in [0.05, 0.1) is 19.2 Å². The Hall–Kier alpha value is -3.81. The summed E-state index contributed by atoms with van der Waals surface area (Å²) in [4.78, 5) is 12.6. The van der Waals surface area contributed by atoms with Gasteiger partial charge in [0.1, 0.15) is 41.4 Å². The highest BCUT2D eigenvalue weighted by molar-refractivity contribution is 7.15. The first kappa shape index (κ1) is 26.8. The molecular weight excluding hydrogens is 504 g/mol. The summed E-state index contributed by atoms with van der Waals surface area (Å²) in [5.74, 6) is 1.42. The number of carbonyl (C=O) groups is 1. The second-order valence-electron chi connectivity index (χ2n) is 7.28. The molecular formula is C25H25ClN4O5S. The van der Waals surface area contributed by atoms with Crippen molar-refractivity contribution in [2.75, 3.05) is 32.8 Å². The number of ether oxygens (including phenoxy) is 4. The zero-order valence-electron chi connectivity index (χ0n) is 20.0. The molecule has 2 aromatic carbocycles. The average molecular weight is 529 g/mol. The van der Waals surface area contributed by atoms with Gasteiger partial charge in [-0.3, -0.25) is 10.1 Å². The number of nitrogens with zero attached hydrogens (tertiary/aromatic N) is 3. The molecule has 36 heavy (non-hydrogen) atoms. The van der Waals surface area contributed by atoms with Crippen molar-refractivity contribution in [2.45, 2.75) is 19.8 Å². The van der Waals surface area contributed by atoms with Crippen LogP contribution in [0.15, 0.2) is 42.0 Å². The maximum Gasteiger partial charge on any atom is 0.268 e. The van der Waals surface area contributed by atoms with Crippen molar-refractivity contribution in [2.24, 2.45) is 0 Å². The zero-order valence-corrected chi connectivity index (χ0v) is 21.6. The van der Waals surface area contributed by atoms with E-state index in [9.17, 15) is 10.1 Å². The number of carbonyl (C=O) groups excluding carboxylic acids is 1. The Labute approximate surface area is 218 Å². The Kier molecular flexibility index (Phi) is 9.92. The monoisotopic (exact) mass is 528 g/mol. The first-order valence-electron chi connectivity index (χ1n) is 11.0. The number of aryl methyl sites for hydroxylation is 1. The number of hydrogen-bond donors (Lipinski definition) is 1. The van der Waals surface area contributed by atoms with Gasteiger partial charge in [-0.15, -0.1) is 10.2 Å². The van der Waals surface area contributed by atoms with Crippen molar-refractivity contribution in [3.8, 4) is 29.1 Å². The topological polar surface area (TPSA) is 116 Å². The summed E-state index contributed by atoms with van der Waals surface area (Å²) in [6.45, 7) is 2.50. The zero-order chi connectivity index (χ0) is 25.9. The molecule has 0 saturated carbocycles. The van der Waals surface area contributed by atoms with E-state index >= 15 is 0 Å². The Bertz CT molecular complexity index is 1270. The normalized spacial score (nSPS) is 10.9. The van der Waals surface area contributed by atoms with E-state index < -0.39 is 5.91 Å². The molecule has 0 bridgehead atoms. The van der Waals surface area contributed by atoms with Gasteiger partial charge in [0.15, 0.2) is 11.5 Å². The molecule has 3 rings (SSSR count). The third-order valence-electron chi connectivity index (χ3n) is 4.72. The number of anilines is 1. The number of amides is 1. The van der Waals surface area contributed by atoms with Gasteiger partial charge in [0.25, 0.3) is 5.91 Å². The lowest BCUT2D eigenvalue weighted by Crippen LogP contribution is -2.13. The van der Waals surface area contributed by atoms with E-state index in [1.807, 2.05) is 31.2 Å². The molecule has 0 fully saturated rings. The number of methoxy groups -OCH3 is 2. The molecule has 188 valence electrons. The van der Waals surface area contributed by atoms with Crippen LogP contribution < -0.4 is 24.3 Å². The summed E-state index contributed by atoms with van der Waals surface area (Å²) < 4.78 is 22.0. The largest absolute Gasteiger partial charge is 0.497 e. The summed E-state index contributed by atoms with van der Waals surface area (Å²) in [7, 11) is 3.06. The van der Waals surface area contributed by atoms with Crippen LogP contribution in [0.1, 0.15) is 23.9 Å². The fraction of sp³-hybridized carbons (Fsp3) is 0.280. The van der Waals surface area contributed by atoms with E-state index in [0.717, 1.165) is 17.8 Å². The maximum absolute atomic E-state index is 12.6. The molecule has 0 radical (unpaired) electrons. The molecule has 1 heterocycles. The van der Waals surface area contributed by atoms with Gasteiger partial charge in [0, 0.05) is 12.5 Å². The molecule has 0 aliphatic carbocycles. The highest BCUT2D eigenvalue weighted by Crippen LogP contribution is 2.37. The van der Waals surface area contributed by atoms with E-state index in [4.69, 9.17) is 30.5 Å². The van der Waals surface area contributed by atoms with Crippen LogP contribution in [0.3, 0.4) is 0 Å². The van der Waals surface area contributed by atoms with E-state index in [1.54, 1.807) is 25.3 Å². The lowest BCUT2D eigenvalue weighted by Gasteiger charge is -2.14. The van der Waals surface area contributed by atoms with Gasteiger partial charge < -0.3 is 18.9 Å². The van der Waals surface area contributed by atoms with Crippen LogP contribution in [0.4, 0.5) is 5.13 Å². The molecule has 11 heteroatoms. The molecule has 1 amide bonds. The van der Waals surface area contributed by atoms with Gasteiger partial charge in [0.2, 0.25) is 5.13 Å². The summed E-state index contributed by atoms with van der Waals surface area (Å²) in [6, 6.07) is 12.3. The molecule has 3 aromatic rings. The van der Waals surface area contributed by atoms with E-state index in [2.05, 4.69) is 15.5 Å². The molecule has 1 N–H and O–H groups in total. The van der Waals surface area contributed by atoms with Crippen molar-refractivity contribution in [3.05, 3.63) is 57.6 Å². The Morgan fingerprint density at radius 1 is 1.14 bits per heavy atom. The van der Waals surface area contributed by atoms with Gasteiger partial charge in [-0.2, -0.15) is 5.26 Å². The molecule has 0 aliphatic heterocycles. The van der Waals surface area contributed by atoms with Crippen LogP contribution in [-0.2, 0) is 11.2 Å². The number of halogens is 1. The number of rotatable bonds is 12. The van der Waals surface area contributed by atoms with Gasteiger partial charge in [-0.05, 0) is 42.3 Å². The van der Waals surface area contributed by atoms with E-state index in [1.165, 1.54) is 24.5 Å². The molecule has 0 saturated heterocycles. The van der Waals surface area contributed by atoms with Crippen LogP contribution in [-0.4, -0.2) is 43.5 Å². The fourth-order valence-electron chi connectivity index (χ4n) is 3.06. The minimum Gasteiger partial charge on any atom is -0.497 e. The minimum absolute atomic E-state index is 0.124. The molecule has 0 atom stereocenters. The number of benzene rings is 2. The van der Waals surface area contributed by atoms with Gasteiger partial charge >= 0.3 is 0 Å². The SMILES string of the molecule is CCCc1nnc(NC(=O)/C(C#N)=C\c2cc(Cl)c(OCCOc3cccc(OC)c3)c(OC)c2)s1. The average Bonchev–Trinajstić information content (AvgIpc) is 3.32. The summed E-state index contributed by atoms with van der Waals surface area (Å²) in [5, 5.41) is 21.5. The number of hydrogen-bond acceptors (Lipinski definition) is 9. The van der Waals surface area contributed by atoms with Crippen LogP contribution in [0.5, 0.6) is 23.0 Å².